The normalized spacial score (nSPS) is 10.8. The molecule has 56 valence electrons. The first-order valence-corrected chi connectivity index (χ1v) is 3.89. The Morgan fingerprint density at radius 2 is 2.30 bits per heavy atom. The number of rotatable bonds is 2. The fourth-order valence-electron chi connectivity index (χ4n) is 0.969. The first-order valence-electron chi connectivity index (χ1n) is 3.51. The summed E-state index contributed by atoms with van der Waals surface area (Å²) >= 11 is 5.71. The number of aromatic nitrogens is 1. The SMILES string of the molecule is CC(C)Cc1cc(Cl)c[nH]1. The molecule has 0 fully saturated rings. The van der Waals surface area contributed by atoms with Crippen LogP contribution in [-0.2, 0) is 6.42 Å². The molecule has 0 spiro atoms. The number of H-pyrrole nitrogens is 1. The molecule has 1 aromatic heterocycles. The summed E-state index contributed by atoms with van der Waals surface area (Å²) in [4.78, 5) is 3.10. The summed E-state index contributed by atoms with van der Waals surface area (Å²) < 4.78 is 0. The summed E-state index contributed by atoms with van der Waals surface area (Å²) in [5.74, 6) is 0.690. The van der Waals surface area contributed by atoms with Gasteiger partial charge in [0.2, 0.25) is 0 Å². The van der Waals surface area contributed by atoms with Crippen LogP contribution in [0.1, 0.15) is 19.5 Å². The van der Waals surface area contributed by atoms with Gasteiger partial charge in [0.1, 0.15) is 0 Å². The van der Waals surface area contributed by atoms with Gasteiger partial charge in [-0.15, -0.1) is 0 Å². The van der Waals surface area contributed by atoms with E-state index in [1.165, 1.54) is 5.69 Å². The third-order valence-electron chi connectivity index (χ3n) is 1.34. The maximum absolute atomic E-state index is 5.71. The smallest absolute Gasteiger partial charge is 0.0583 e. The Bertz CT molecular complexity index is 203. The van der Waals surface area contributed by atoms with Crippen LogP contribution in [0.5, 0.6) is 0 Å². The number of halogens is 1. The van der Waals surface area contributed by atoms with Crippen LogP contribution in [0.4, 0.5) is 0 Å². The molecule has 0 aliphatic carbocycles. The highest BCUT2D eigenvalue weighted by molar-refractivity contribution is 6.30. The molecular formula is C8H12ClN. The summed E-state index contributed by atoms with van der Waals surface area (Å²) in [6.07, 6.45) is 2.89. The van der Waals surface area contributed by atoms with Crippen LogP contribution in [0.25, 0.3) is 0 Å². The molecule has 0 aliphatic heterocycles. The van der Waals surface area contributed by atoms with Crippen molar-refractivity contribution in [2.24, 2.45) is 5.92 Å². The van der Waals surface area contributed by atoms with Crippen molar-refractivity contribution in [3.63, 3.8) is 0 Å². The van der Waals surface area contributed by atoms with E-state index in [9.17, 15) is 0 Å². The Morgan fingerprint density at radius 1 is 1.60 bits per heavy atom. The Kier molecular flexibility index (Phi) is 2.39. The number of nitrogens with one attached hydrogen (secondary N) is 1. The number of aromatic amines is 1. The van der Waals surface area contributed by atoms with Crippen LogP contribution < -0.4 is 0 Å². The summed E-state index contributed by atoms with van der Waals surface area (Å²) in [6, 6.07) is 1.97. The molecule has 1 heterocycles. The second-order valence-corrected chi connectivity index (χ2v) is 3.38. The Labute approximate surface area is 66.4 Å². The van der Waals surface area contributed by atoms with Crippen molar-refractivity contribution in [1.29, 1.82) is 0 Å². The lowest BCUT2D eigenvalue weighted by Crippen LogP contribution is -1.92. The summed E-state index contributed by atoms with van der Waals surface area (Å²) in [5.41, 5.74) is 1.22. The fourth-order valence-corrected chi connectivity index (χ4v) is 1.16. The molecule has 0 amide bonds. The van der Waals surface area contributed by atoms with Crippen LogP contribution in [0.2, 0.25) is 5.02 Å². The molecule has 0 saturated heterocycles. The van der Waals surface area contributed by atoms with Crippen molar-refractivity contribution in [1.82, 2.24) is 4.98 Å². The van der Waals surface area contributed by atoms with Crippen molar-refractivity contribution >= 4 is 11.6 Å². The van der Waals surface area contributed by atoms with Gasteiger partial charge in [-0.2, -0.15) is 0 Å². The molecule has 1 nitrogen and oxygen atoms in total. The van der Waals surface area contributed by atoms with Crippen LogP contribution >= 0.6 is 11.6 Å². The molecule has 0 bridgehead atoms. The maximum Gasteiger partial charge on any atom is 0.0583 e. The Hall–Kier alpha value is -0.430. The van der Waals surface area contributed by atoms with Crippen LogP contribution in [-0.4, -0.2) is 4.98 Å². The second-order valence-electron chi connectivity index (χ2n) is 2.94. The molecule has 1 N–H and O–H groups in total. The van der Waals surface area contributed by atoms with Crippen LogP contribution in [0.15, 0.2) is 12.3 Å². The van der Waals surface area contributed by atoms with E-state index in [0.29, 0.717) is 5.92 Å². The van der Waals surface area contributed by atoms with Gasteiger partial charge in [0.05, 0.1) is 5.02 Å². The number of hydrogen-bond acceptors (Lipinski definition) is 0. The molecule has 0 unspecified atom stereocenters. The van der Waals surface area contributed by atoms with Crippen LogP contribution in [0, 0.1) is 5.92 Å². The summed E-state index contributed by atoms with van der Waals surface area (Å²) in [5, 5.41) is 0.802. The van der Waals surface area contributed by atoms with Gasteiger partial charge in [0.25, 0.3) is 0 Å². The van der Waals surface area contributed by atoms with E-state index in [1.54, 1.807) is 0 Å². The fraction of sp³-hybridized carbons (Fsp3) is 0.500. The van der Waals surface area contributed by atoms with Gasteiger partial charge in [0, 0.05) is 11.9 Å². The molecule has 1 rings (SSSR count). The zero-order valence-corrected chi connectivity index (χ0v) is 7.07. The van der Waals surface area contributed by atoms with E-state index in [2.05, 4.69) is 18.8 Å². The first kappa shape index (κ1) is 7.67. The maximum atomic E-state index is 5.71. The average molecular weight is 158 g/mol. The average Bonchev–Trinajstić information content (AvgIpc) is 2.13. The molecule has 0 radical (unpaired) electrons. The standard InChI is InChI=1S/C8H12ClN/c1-6(2)3-8-4-7(9)5-10-8/h4-6,10H,3H2,1-2H3. The minimum Gasteiger partial charge on any atom is -0.364 e. The third-order valence-corrected chi connectivity index (χ3v) is 1.55. The molecule has 2 heteroatoms. The molecule has 0 aromatic carbocycles. The zero-order valence-electron chi connectivity index (χ0n) is 6.32. The van der Waals surface area contributed by atoms with E-state index < -0.39 is 0 Å². The van der Waals surface area contributed by atoms with Crippen LogP contribution in [0.3, 0.4) is 0 Å². The molecule has 10 heavy (non-hydrogen) atoms. The van der Waals surface area contributed by atoms with E-state index in [-0.39, 0.29) is 0 Å². The largest absolute Gasteiger partial charge is 0.364 e. The van der Waals surface area contributed by atoms with E-state index >= 15 is 0 Å². The highest BCUT2D eigenvalue weighted by atomic mass is 35.5. The Morgan fingerprint density at radius 3 is 2.70 bits per heavy atom. The molecule has 0 saturated carbocycles. The number of hydrogen-bond donors (Lipinski definition) is 1. The van der Waals surface area contributed by atoms with Crippen molar-refractivity contribution < 1.29 is 0 Å². The van der Waals surface area contributed by atoms with Gasteiger partial charge in [-0.25, -0.2) is 0 Å². The minimum absolute atomic E-state index is 0.690. The first-order chi connectivity index (χ1) is 4.68. The second kappa shape index (κ2) is 3.11. The lowest BCUT2D eigenvalue weighted by Gasteiger charge is -1.99. The van der Waals surface area contributed by atoms with Crippen molar-refractivity contribution in [2.45, 2.75) is 20.3 Å². The van der Waals surface area contributed by atoms with E-state index in [0.717, 1.165) is 11.4 Å². The third kappa shape index (κ3) is 2.07. The summed E-state index contributed by atoms with van der Waals surface area (Å²) in [7, 11) is 0. The molecular weight excluding hydrogens is 146 g/mol. The van der Waals surface area contributed by atoms with E-state index in [1.807, 2.05) is 12.3 Å². The Balaban J connectivity index is 2.58. The monoisotopic (exact) mass is 157 g/mol. The zero-order chi connectivity index (χ0) is 7.56. The predicted octanol–water partition coefficient (Wildman–Crippen LogP) is 2.87. The highest BCUT2D eigenvalue weighted by Gasteiger charge is 1.98. The lowest BCUT2D eigenvalue weighted by molar-refractivity contribution is 0.638. The van der Waals surface area contributed by atoms with Crippen molar-refractivity contribution in [3.05, 3.63) is 23.0 Å². The van der Waals surface area contributed by atoms with Gasteiger partial charge in [-0.1, -0.05) is 25.4 Å². The predicted molar refractivity (Wildman–Crippen MR) is 44.3 cm³/mol. The highest BCUT2D eigenvalue weighted by Crippen LogP contribution is 2.12. The van der Waals surface area contributed by atoms with Gasteiger partial charge in [-0.3, -0.25) is 0 Å². The molecule has 1 aromatic rings. The van der Waals surface area contributed by atoms with Crippen molar-refractivity contribution in [2.75, 3.05) is 0 Å². The molecule has 0 atom stereocenters. The van der Waals surface area contributed by atoms with Crippen molar-refractivity contribution in [3.8, 4) is 0 Å². The lowest BCUT2D eigenvalue weighted by atomic mass is 10.1. The van der Waals surface area contributed by atoms with E-state index in [4.69, 9.17) is 11.6 Å². The quantitative estimate of drug-likeness (QED) is 0.680. The molecule has 0 aliphatic rings. The van der Waals surface area contributed by atoms with Gasteiger partial charge in [-0.05, 0) is 18.4 Å². The van der Waals surface area contributed by atoms with Gasteiger partial charge in [0.15, 0.2) is 0 Å². The summed E-state index contributed by atoms with van der Waals surface area (Å²) in [6.45, 7) is 4.38. The minimum atomic E-state index is 0.690. The topological polar surface area (TPSA) is 15.8 Å². The van der Waals surface area contributed by atoms with Gasteiger partial charge < -0.3 is 4.98 Å². The van der Waals surface area contributed by atoms with Gasteiger partial charge >= 0.3 is 0 Å².